The van der Waals surface area contributed by atoms with Crippen LogP contribution in [0.15, 0.2) is 0 Å². The first-order valence-electron chi connectivity index (χ1n) is 5.41. The van der Waals surface area contributed by atoms with Crippen LogP contribution in [0.4, 0.5) is 0 Å². The van der Waals surface area contributed by atoms with Crippen molar-refractivity contribution in [2.45, 2.75) is 32.2 Å². The summed E-state index contributed by atoms with van der Waals surface area (Å²) in [5, 5.41) is 12.1. The smallest absolute Gasteiger partial charge is 0.106 e. The van der Waals surface area contributed by atoms with Gasteiger partial charge < -0.3 is 9.47 Å². The molecule has 4 nitrogen and oxygen atoms in total. The van der Waals surface area contributed by atoms with Crippen LogP contribution in [0.2, 0.25) is 0 Å². The topological polar surface area (TPSA) is 54.3 Å². The Balaban J connectivity index is 3.51. The molecule has 1 unspecified atom stereocenters. The number of nitrogens with one attached hydrogen (secondary N) is 1. The normalized spacial score (nSPS) is 14.5. The summed E-state index contributed by atoms with van der Waals surface area (Å²) in [7, 11) is 1.68. The van der Waals surface area contributed by atoms with Crippen LogP contribution in [0, 0.1) is 11.3 Å². The monoisotopic (exact) mass is 214 g/mol. The molecule has 0 saturated heterocycles. The molecule has 1 atom stereocenters. The average Bonchev–Trinajstić information content (AvgIpc) is 2.24. The van der Waals surface area contributed by atoms with E-state index in [1.807, 2.05) is 13.8 Å². The molecule has 15 heavy (non-hydrogen) atoms. The summed E-state index contributed by atoms with van der Waals surface area (Å²) in [5.74, 6) is 0. The predicted octanol–water partition coefficient (Wildman–Crippen LogP) is 1.32. The summed E-state index contributed by atoms with van der Waals surface area (Å²) in [4.78, 5) is 0. The van der Waals surface area contributed by atoms with Gasteiger partial charge in [0.05, 0.1) is 6.07 Å². The Morgan fingerprint density at radius 3 is 2.60 bits per heavy atom. The van der Waals surface area contributed by atoms with Crippen molar-refractivity contribution in [3.05, 3.63) is 0 Å². The van der Waals surface area contributed by atoms with Crippen molar-refractivity contribution in [3.8, 4) is 6.07 Å². The molecule has 0 heterocycles. The van der Waals surface area contributed by atoms with Crippen molar-refractivity contribution >= 4 is 0 Å². The highest BCUT2D eigenvalue weighted by molar-refractivity contribution is 5.03. The summed E-state index contributed by atoms with van der Waals surface area (Å²) in [5.41, 5.74) is -0.462. The molecule has 0 aliphatic heterocycles. The van der Waals surface area contributed by atoms with Gasteiger partial charge in [0.15, 0.2) is 0 Å². The van der Waals surface area contributed by atoms with Crippen molar-refractivity contribution < 1.29 is 9.47 Å². The SMILES string of the molecule is CCNC(C)(C#N)CCOCCCOC. The third kappa shape index (κ3) is 7.32. The Labute approximate surface area is 92.6 Å². The highest BCUT2D eigenvalue weighted by Gasteiger charge is 2.21. The van der Waals surface area contributed by atoms with E-state index >= 15 is 0 Å². The standard InChI is InChI=1S/C11H22N2O2/c1-4-13-11(2,10-12)6-9-15-8-5-7-14-3/h13H,4-9H2,1-3H3. The Bertz CT molecular complexity index is 192. The fourth-order valence-electron chi connectivity index (χ4n) is 1.26. The van der Waals surface area contributed by atoms with Gasteiger partial charge in [0.1, 0.15) is 5.54 Å². The zero-order valence-corrected chi connectivity index (χ0v) is 10.0. The zero-order valence-electron chi connectivity index (χ0n) is 10.0. The number of nitriles is 1. The van der Waals surface area contributed by atoms with Gasteiger partial charge in [-0.15, -0.1) is 0 Å². The van der Waals surface area contributed by atoms with E-state index in [0.717, 1.165) is 19.6 Å². The van der Waals surface area contributed by atoms with Gasteiger partial charge in [-0.05, 0) is 19.9 Å². The van der Waals surface area contributed by atoms with E-state index < -0.39 is 5.54 Å². The van der Waals surface area contributed by atoms with Crippen molar-refractivity contribution in [1.29, 1.82) is 5.26 Å². The molecule has 4 heteroatoms. The molecule has 88 valence electrons. The summed E-state index contributed by atoms with van der Waals surface area (Å²) in [6, 6.07) is 2.27. The molecule has 0 aromatic heterocycles. The minimum atomic E-state index is -0.462. The number of hydrogen-bond donors (Lipinski definition) is 1. The van der Waals surface area contributed by atoms with Crippen LogP contribution in [0.25, 0.3) is 0 Å². The van der Waals surface area contributed by atoms with Gasteiger partial charge >= 0.3 is 0 Å². The fourth-order valence-corrected chi connectivity index (χ4v) is 1.26. The van der Waals surface area contributed by atoms with E-state index in [-0.39, 0.29) is 0 Å². The van der Waals surface area contributed by atoms with E-state index in [2.05, 4.69) is 11.4 Å². The predicted molar refractivity (Wildman–Crippen MR) is 59.6 cm³/mol. The maximum atomic E-state index is 8.97. The van der Waals surface area contributed by atoms with Gasteiger partial charge in [-0.25, -0.2) is 0 Å². The summed E-state index contributed by atoms with van der Waals surface area (Å²) < 4.78 is 10.3. The molecule has 0 fully saturated rings. The molecule has 0 rings (SSSR count). The Hall–Kier alpha value is -0.630. The van der Waals surface area contributed by atoms with Crippen molar-refractivity contribution in [2.75, 3.05) is 33.5 Å². The lowest BCUT2D eigenvalue weighted by Gasteiger charge is -2.22. The van der Waals surface area contributed by atoms with Crippen LogP contribution in [-0.4, -0.2) is 39.0 Å². The molecule has 0 aliphatic carbocycles. The highest BCUT2D eigenvalue weighted by atomic mass is 16.5. The van der Waals surface area contributed by atoms with Gasteiger partial charge in [0.2, 0.25) is 0 Å². The molecule has 0 aromatic rings. The Morgan fingerprint density at radius 2 is 2.07 bits per heavy atom. The van der Waals surface area contributed by atoms with Crippen LogP contribution in [0.3, 0.4) is 0 Å². The molecule has 0 saturated carbocycles. The van der Waals surface area contributed by atoms with Crippen LogP contribution < -0.4 is 5.32 Å². The Morgan fingerprint density at radius 1 is 1.33 bits per heavy atom. The number of methoxy groups -OCH3 is 1. The van der Waals surface area contributed by atoms with Crippen molar-refractivity contribution in [3.63, 3.8) is 0 Å². The summed E-state index contributed by atoms with van der Waals surface area (Å²) in [6.07, 6.45) is 1.62. The molecule has 0 amide bonds. The van der Waals surface area contributed by atoms with Gasteiger partial charge in [0, 0.05) is 33.4 Å². The molecule has 0 aliphatic rings. The maximum Gasteiger partial charge on any atom is 0.106 e. The lowest BCUT2D eigenvalue weighted by molar-refractivity contribution is 0.0929. The third-order valence-corrected chi connectivity index (χ3v) is 2.20. The maximum absolute atomic E-state index is 8.97. The van der Waals surface area contributed by atoms with Crippen LogP contribution in [-0.2, 0) is 9.47 Å². The zero-order chi connectivity index (χ0) is 11.6. The summed E-state index contributed by atoms with van der Waals surface area (Å²) >= 11 is 0. The van der Waals surface area contributed by atoms with E-state index in [1.54, 1.807) is 7.11 Å². The van der Waals surface area contributed by atoms with Crippen LogP contribution in [0.1, 0.15) is 26.7 Å². The molecule has 0 aromatic carbocycles. The summed E-state index contributed by atoms with van der Waals surface area (Å²) in [6.45, 7) is 6.72. The first-order chi connectivity index (χ1) is 7.18. The van der Waals surface area contributed by atoms with E-state index in [0.29, 0.717) is 19.6 Å². The molecular weight excluding hydrogens is 192 g/mol. The average molecular weight is 214 g/mol. The second-order valence-electron chi connectivity index (χ2n) is 3.68. The highest BCUT2D eigenvalue weighted by Crippen LogP contribution is 2.07. The fraction of sp³-hybridized carbons (Fsp3) is 0.909. The van der Waals surface area contributed by atoms with Gasteiger partial charge in [-0.2, -0.15) is 5.26 Å². The number of nitrogens with zero attached hydrogens (tertiary/aromatic N) is 1. The molecule has 0 bridgehead atoms. The third-order valence-electron chi connectivity index (χ3n) is 2.20. The van der Waals surface area contributed by atoms with E-state index in [9.17, 15) is 0 Å². The van der Waals surface area contributed by atoms with E-state index in [4.69, 9.17) is 14.7 Å². The second kappa shape index (κ2) is 8.66. The lowest BCUT2D eigenvalue weighted by atomic mass is 10.0. The first kappa shape index (κ1) is 14.4. The second-order valence-corrected chi connectivity index (χ2v) is 3.68. The van der Waals surface area contributed by atoms with Gasteiger partial charge in [0.25, 0.3) is 0 Å². The molecular formula is C11H22N2O2. The quantitative estimate of drug-likeness (QED) is 0.588. The Kier molecular flexibility index (Phi) is 8.30. The van der Waals surface area contributed by atoms with Crippen molar-refractivity contribution in [1.82, 2.24) is 5.32 Å². The van der Waals surface area contributed by atoms with Crippen molar-refractivity contribution in [2.24, 2.45) is 0 Å². The van der Waals surface area contributed by atoms with Crippen LogP contribution >= 0.6 is 0 Å². The first-order valence-corrected chi connectivity index (χ1v) is 5.41. The van der Waals surface area contributed by atoms with Gasteiger partial charge in [-0.1, -0.05) is 6.92 Å². The number of hydrogen-bond acceptors (Lipinski definition) is 4. The number of rotatable bonds is 9. The number of ether oxygens (including phenoxy) is 2. The molecule has 1 N–H and O–H groups in total. The minimum absolute atomic E-state index is 0.462. The van der Waals surface area contributed by atoms with Crippen LogP contribution in [0.5, 0.6) is 0 Å². The largest absolute Gasteiger partial charge is 0.385 e. The molecule has 0 spiro atoms. The van der Waals surface area contributed by atoms with E-state index in [1.165, 1.54) is 0 Å². The van der Waals surface area contributed by atoms with Gasteiger partial charge in [-0.3, -0.25) is 5.32 Å². The lowest BCUT2D eigenvalue weighted by Crippen LogP contribution is -2.41. The molecule has 0 radical (unpaired) electrons. The minimum Gasteiger partial charge on any atom is -0.385 e.